The lowest BCUT2D eigenvalue weighted by atomic mass is 10.1. The first-order chi connectivity index (χ1) is 14.9. The Balaban J connectivity index is 1.46. The standard InChI is InChI=1S/C20H18FN5O3S2/c1-12(27)22-15-3-2-4-16(10-15)23-18(29)11-30-20-26-25-19(31-20)24-17(28)9-13-5-7-14(21)8-6-13/h2-8,10H,9,11H2,1H3,(H,22,27)(H,23,29)(H,24,25,28). The number of halogens is 1. The molecule has 2 aromatic carbocycles. The second kappa shape index (κ2) is 10.6. The third-order valence-electron chi connectivity index (χ3n) is 3.72. The largest absolute Gasteiger partial charge is 0.326 e. The Labute approximate surface area is 185 Å². The number of carbonyl (C=O) groups excluding carboxylic acids is 3. The van der Waals surface area contributed by atoms with Gasteiger partial charge in [-0.1, -0.05) is 41.3 Å². The SMILES string of the molecule is CC(=O)Nc1cccc(NC(=O)CSc2nnc(NC(=O)Cc3ccc(F)cc3)s2)c1. The normalized spacial score (nSPS) is 10.4. The fourth-order valence-electron chi connectivity index (χ4n) is 2.47. The van der Waals surface area contributed by atoms with Gasteiger partial charge >= 0.3 is 0 Å². The summed E-state index contributed by atoms with van der Waals surface area (Å²) in [7, 11) is 0. The Morgan fingerprint density at radius 3 is 2.39 bits per heavy atom. The minimum absolute atomic E-state index is 0.0856. The molecule has 160 valence electrons. The van der Waals surface area contributed by atoms with Crippen molar-refractivity contribution >= 4 is 57.3 Å². The topological polar surface area (TPSA) is 113 Å². The van der Waals surface area contributed by atoms with Crippen molar-refractivity contribution in [3.63, 3.8) is 0 Å². The molecule has 8 nitrogen and oxygen atoms in total. The zero-order chi connectivity index (χ0) is 22.2. The first-order valence-corrected chi connectivity index (χ1v) is 10.9. The number of benzene rings is 2. The molecule has 0 fully saturated rings. The summed E-state index contributed by atoms with van der Waals surface area (Å²) in [6.07, 6.45) is 0.0856. The summed E-state index contributed by atoms with van der Waals surface area (Å²) >= 11 is 2.34. The molecular weight excluding hydrogens is 441 g/mol. The van der Waals surface area contributed by atoms with Gasteiger partial charge in [0.2, 0.25) is 22.9 Å². The van der Waals surface area contributed by atoms with Gasteiger partial charge in [-0.05, 0) is 35.9 Å². The summed E-state index contributed by atoms with van der Waals surface area (Å²) in [6.45, 7) is 1.41. The van der Waals surface area contributed by atoms with Crippen LogP contribution in [0.4, 0.5) is 20.9 Å². The summed E-state index contributed by atoms with van der Waals surface area (Å²) in [5.74, 6) is -1.00. The lowest BCUT2D eigenvalue weighted by Crippen LogP contribution is -2.14. The molecule has 0 aliphatic heterocycles. The molecule has 11 heteroatoms. The number of hydrogen-bond acceptors (Lipinski definition) is 7. The Morgan fingerprint density at radius 2 is 1.68 bits per heavy atom. The summed E-state index contributed by atoms with van der Waals surface area (Å²) < 4.78 is 13.5. The van der Waals surface area contributed by atoms with E-state index in [9.17, 15) is 18.8 Å². The van der Waals surface area contributed by atoms with Crippen LogP contribution in [0.3, 0.4) is 0 Å². The van der Waals surface area contributed by atoms with Crippen LogP contribution in [0.25, 0.3) is 0 Å². The van der Waals surface area contributed by atoms with E-state index in [4.69, 9.17) is 0 Å². The monoisotopic (exact) mass is 459 g/mol. The van der Waals surface area contributed by atoms with Crippen LogP contribution in [0.15, 0.2) is 52.9 Å². The number of thioether (sulfide) groups is 1. The molecule has 0 saturated carbocycles. The molecule has 0 bridgehead atoms. The molecule has 0 radical (unpaired) electrons. The van der Waals surface area contributed by atoms with E-state index in [1.165, 1.54) is 30.8 Å². The number of anilines is 3. The lowest BCUT2D eigenvalue weighted by molar-refractivity contribution is -0.116. The highest BCUT2D eigenvalue weighted by molar-refractivity contribution is 8.01. The highest BCUT2D eigenvalue weighted by atomic mass is 32.2. The maximum absolute atomic E-state index is 12.9. The quantitative estimate of drug-likeness (QED) is 0.351. The number of amides is 3. The van der Waals surface area contributed by atoms with E-state index in [1.807, 2.05) is 0 Å². The average molecular weight is 460 g/mol. The minimum Gasteiger partial charge on any atom is -0.326 e. The summed E-state index contributed by atoms with van der Waals surface area (Å²) in [6, 6.07) is 12.5. The third kappa shape index (κ3) is 7.46. The third-order valence-corrected chi connectivity index (χ3v) is 5.70. The average Bonchev–Trinajstić information content (AvgIpc) is 3.15. The smallest absolute Gasteiger partial charge is 0.234 e. The van der Waals surface area contributed by atoms with E-state index in [1.54, 1.807) is 36.4 Å². The molecule has 0 spiro atoms. The van der Waals surface area contributed by atoms with Gasteiger partial charge in [-0.25, -0.2) is 4.39 Å². The predicted octanol–water partition coefficient (Wildman–Crippen LogP) is 3.55. The first kappa shape index (κ1) is 22.4. The molecule has 0 aliphatic rings. The van der Waals surface area contributed by atoms with Gasteiger partial charge in [0.25, 0.3) is 0 Å². The summed E-state index contributed by atoms with van der Waals surface area (Å²) in [4.78, 5) is 35.4. The minimum atomic E-state index is -0.362. The fraction of sp³-hybridized carbons (Fsp3) is 0.150. The Bertz CT molecular complexity index is 1090. The van der Waals surface area contributed by atoms with Gasteiger partial charge in [0.1, 0.15) is 5.82 Å². The number of aromatic nitrogens is 2. The predicted molar refractivity (Wildman–Crippen MR) is 119 cm³/mol. The molecule has 0 saturated heterocycles. The molecule has 1 aromatic heterocycles. The molecule has 0 aliphatic carbocycles. The maximum atomic E-state index is 12.9. The van der Waals surface area contributed by atoms with Crippen molar-refractivity contribution in [1.29, 1.82) is 0 Å². The van der Waals surface area contributed by atoms with E-state index in [0.717, 1.165) is 11.3 Å². The molecule has 0 atom stereocenters. The molecule has 3 rings (SSSR count). The van der Waals surface area contributed by atoms with Crippen LogP contribution in [-0.4, -0.2) is 33.7 Å². The molecule has 31 heavy (non-hydrogen) atoms. The molecule has 1 heterocycles. The van der Waals surface area contributed by atoms with Crippen molar-refractivity contribution in [3.05, 3.63) is 59.9 Å². The summed E-state index contributed by atoms with van der Waals surface area (Å²) in [5.41, 5.74) is 1.82. The van der Waals surface area contributed by atoms with Gasteiger partial charge in [0, 0.05) is 18.3 Å². The van der Waals surface area contributed by atoms with Crippen LogP contribution in [0.2, 0.25) is 0 Å². The van der Waals surface area contributed by atoms with Crippen molar-refractivity contribution in [2.45, 2.75) is 17.7 Å². The number of carbonyl (C=O) groups is 3. The zero-order valence-corrected chi connectivity index (χ0v) is 18.0. The fourth-order valence-corrected chi connectivity index (χ4v) is 4.04. The van der Waals surface area contributed by atoms with Crippen LogP contribution in [0, 0.1) is 5.82 Å². The van der Waals surface area contributed by atoms with Gasteiger partial charge in [0.05, 0.1) is 12.2 Å². The Kier molecular flexibility index (Phi) is 7.68. The van der Waals surface area contributed by atoms with E-state index in [0.29, 0.717) is 26.4 Å². The number of nitrogens with one attached hydrogen (secondary N) is 3. The second-order valence-corrected chi connectivity index (χ2v) is 8.52. The van der Waals surface area contributed by atoms with Gasteiger partial charge < -0.3 is 16.0 Å². The second-order valence-electron chi connectivity index (χ2n) is 6.32. The molecule has 3 N–H and O–H groups in total. The van der Waals surface area contributed by atoms with Crippen molar-refractivity contribution in [1.82, 2.24) is 10.2 Å². The van der Waals surface area contributed by atoms with Crippen LogP contribution in [-0.2, 0) is 20.8 Å². The van der Waals surface area contributed by atoms with E-state index >= 15 is 0 Å². The zero-order valence-electron chi connectivity index (χ0n) is 16.3. The molecule has 0 unspecified atom stereocenters. The van der Waals surface area contributed by atoms with E-state index < -0.39 is 0 Å². The van der Waals surface area contributed by atoms with Gasteiger partial charge in [-0.2, -0.15) is 0 Å². The van der Waals surface area contributed by atoms with Gasteiger partial charge in [-0.15, -0.1) is 10.2 Å². The van der Waals surface area contributed by atoms with Crippen LogP contribution >= 0.6 is 23.1 Å². The van der Waals surface area contributed by atoms with E-state index in [2.05, 4.69) is 26.1 Å². The van der Waals surface area contributed by atoms with Gasteiger partial charge in [-0.3, -0.25) is 14.4 Å². The number of nitrogens with zero attached hydrogens (tertiary/aromatic N) is 2. The Hall–Kier alpha value is -3.31. The van der Waals surface area contributed by atoms with Crippen molar-refractivity contribution in [2.24, 2.45) is 0 Å². The van der Waals surface area contributed by atoms with Crippen molar-refractivity contribution in [3.8, 4) is 0 Å². The highest BCUT2D eigenvalue weighted by Crippen LogP contribution is 2.26. The van der Waals surface area contributed by atoms with Crippen LogP contribution in [0.1, 0.15) is 12.5 Å². The first-order valence-electron chi connectivity index (χ1n) is 9.05. The van der Waals surface area contributed by atoms with Crippen LogP contribution < -0.4 is 16.0 Å². The van der Waals surface area contributed by atoms with Crippen molar-refractivity contribution in [2.75, 3.05) is 21.7 Å². The Morgan fingerprint density at radius 1 is 0.968 bits per heavy atom. The molecular formula is C20H18FN5O3S2. The summed E-state index contributed by atoms with van der Waals surface area (Å²) in [5, 5.41) is 16.2. The molecule has 3 aromatic rings. The highest BCUT2D eigenvalue weighted by Gasteiger charge is 2.11. The number of hydrogen-bond donors (Lipinski definition) is 3. The van der Waals surface area contributed by atoms with E-state index in [-0.39, 0.29) is 35.7 Å². The number of rotatable bonds is 8. The van der Waals surface area contributed by atoms with Crippen molar-refractivity contribution < 1.29 is 18.8 Å². The molecule has 3 amide bonds. The maximum Gasteiger partial charge on any atom is 0.234 e. The van der Waals surface area contributed by atoms with Gasteiger partial charge in [0.15, 0.2) is 4.34 Å². The lowest BCUT2D eigenvalue weighted by Gasteiger charge is -2.07. The van der Waals surface area contributed by atoms with Crippen LogP contribution in [0.5, 0.6) is 0 Å².